The number of fused-ring (bicyclic) bond motifs is 1. The lowest BCUT2D eigenvalue weighted by atomic mass is 10.1. The lowest BCUT2D eigenvalue weighted by Crippen LogP contribution is -2.37. The van der Waals surface area contributed by atoms with Gasteiger partial charge in [-0.25, -0.2) is 13.1 Å². The molecule has 2 aromatic rings. The van der Waals surface area contributed by atoms with Crippen molar-refractivity contribution in [3.63, 3.8) is 0 Å². The highest BCUT2D eigenvalue weighted by molar-refractivity contribution is 7.89. The first kappa shape index (κ1) is 19.2. The van der Waals surface area contributed by atoms with Gasteiger partial charge in [0.05, 0.1) is 11.4 Å². The van der Waals surface area contributed by atoms with Crippen molar-refractivity contribution < 1.29 is 22.7 Å². The second-order valence-electron chi connectivity index (χ2n) is 6.52. The third-order valence-electron chi connectivity index (χ3n) is 4.22. The summed E-state index contributed by atoms with van der Waals surface area (Å²) in [4.78, 5) is 12.3. The number of carbonyl (C=O) groups excluding carboxylic acids is 1. The molecule has 3 rings (SSSR count). The van der Waals surface area contributed by atoms with Gasteiger partial charge in [-0.05, 0) is 49.6 Å². The molecular formula is C19H22N2O5S. The molecule has 2 N–H and O–H groups in total. The van der Waals surface area contributed by atoms with Crippen LogP contribution in [0.15, 0.2) is 35.2 Å². The zero-order valence-electron chi connectivity index (χ0n) is 15.5. The van der Waals surface area contributed by atoms with E-state index in [0.29, 0.717) is 22.6 Å². The number of aryl methyl sites for hydroxylation is 3. The molecule has 0 aromatic heterocycles. The Morgan fingerprint density at radius 1 is 1.04 bits per heavy atom. The van der Waals surface area contributed by atoms with Gasteiger partial charge in [-0.3, -0.25) is 4.79 Å². The summed E-state index contributed by atoms with van der Waals surface area (Å²) in [6.45, 7) is 5.51. The van der Waals surface area contributed by atoms with Gasteiger partial charge in [0.1, 0.15) is 0 Å². The SMILES string of the molecule is Cc1cc(C)c(S(=O)(=O)NCC(=O)NCc2ccc3c(c2)OCO3)c(C)c1. The Balaban J connectivity index is 1.59. The van der Waals surface area contributed by atoms with Crippen molar-refractivity contribution in [1.82, 2.24) is 10.0 Å². The van der Waals surface area contributed by atoms with Crippen LogP contribution in [0.25, 0.3) is 0 Å². The molecule has 0 saturated carbocycles. The van der Waals surface area contributed by atoms with E-state index < -0.39 is 15.9 Å². The lowest BCUT2D eigenvalue weighted by Gasteiger charge is -2.13. The van der Waals surface area contributed by atoms with E-state index in [1.807, 2.05) is 13.0 Å². The Morgan fingerprint density at radius 3 is 2.41 bits per heavy atom. The van der Waals surface area contributed by atoms with Gasteiger partial charge < -0.3 is 14.8 Å². The largest absolute Gasteiger partial charge is 0.454 e. The Labute approximate surface area is 158 Å². The van der Waals surface area contributed by atoms with Crippen molar-refractivity contribution in [2.24, 2.45) is 0 Å². The molecule has 7 nitrogen and oxygen atoms in total. The van der Waals surface area contributed by atoms with Gasteiger partial charge in [0, 0.05) is 6.54 Å². The molecule has 2 aromatic carbocycles. The monoisotopic (exact) mass is 390 g/mol. The van der Waals surface area contributed by atoms with Crippen molar-refractivity contribution in [3.05, 3.63) is 52.6 Å². The molecule has 0 spiro atoms. The fraction of sp³-hybridized carbons (Fsp3) is 0.316. The van der Waals surface area contributed by atoms with Crippen LogP contribution in [0, 0.1) is 20.8 Å². The first-order valence-electron chi connectivity index (χ1n) is 8.49. The number of carbonyl (C=O) groups is 1. The normalized spacial score (nSPS) is 12.9. The summed E-state index contributed by atoms with van der Waals surface area (Å²) in [5, 5.41) is 2.69. The van der Waals surface area contributed by atoms with Crippen molar-refractivity contribution in [2.45, 2.75) is 32.2 Å². The Morgan fingerprint density at radius 2 is 1.70 bits per heavy atom. The molecule has 0 aliphatic carbocycles. The average Bonchev–Trinajstić information content (AvgIpc) is 3.04. The molecule has 0 saturated heterocycles. The number of sulfonamides is 1. The standard InChI is InChI=1S/C19H22N2O5S/c1-12-6-13(2)19(14(3)7-12)27(23,24)21-10-18(22)20-9-15-4-5-16-17(8-15)26-11-25-16/h4-8,21H,9-11H2,1-3H3,(H,20,22). The van der Waals surface area contributed by atoms with E-state index in [2.05, 4.69) is 10.0 Å². The van der Waals surface area contributed by atoms with Crippen molar-refractivity contribution in [3.8, 4) is 11.5 Å². The second-order valence-corrected chi connectivity index (χ2v) is 8.22. The van der Waals surface area contributed by atoms with E-state index in [1.54, 1.807) is 38.1 Å². The summed E-state index contributed by atoms with van der Waals surface area (Å²) in [7, 11) is -3.77. The minimum atomic E-state index is -3.77. The third-order valence-corrected chi connectivity index (χ3v) is 5.93. The van der Waals surface area contributed by atoms with Crippen LogP contribution in [-0.2, 0) is 21.4 Å². The fourth-order valence-corrected chi connectivity index (χ4v) is 4.57. The second kappa shape index (κ2) is 7.58. The van der Waals surface area contributed by atoms with Crippen molar-refractivity contribution in [2.75, 3.05) is 13.3 Å². The molecule has 27 heavy (non-hydrogen) atoms. The minimum Gasteiger partial charge on any atom is -0.454 e. The van der Waals surface area contributed by atoms with E-state index in [4.69, 9.17) is 9.47 Å². The number of rotatable bonds is 6. The Bertz CT molecular complexity index is 963. The summed E-state index contributed by atoms with van der Waals surface area (Å²) in [6.07, 6.45) is 0. The number of nitrogens with one attached hydrogen (secondary N) is 2. The summed E-state index contributed by atoms with van der Waals surface area (Å²) in [5.74, 6) is 0.883. The van der Waals surface area contributed by atoms with Gasteiger partial charge in [-0.15, -0.1) is 0 Å². The van der Waals surface area contributed by atoms with E-state index in [1.165, 1.54) is 0 Å². The van der Waals surface area contributed by atoms with Gasteiger partial charge in [0.15, 0.2) is 11.5 Å². The van der Waals surface area contributed by atoms with Gasteiger partial charge in [0.25, 0.3) is 0 Å². The number of hydrogen-bond donors (Lipinski definition) is 2. The Kier molecular flexibility index (Phi) is 5.38. The molecule has 0 bridgehead atoms. The van der Waals surface area contributed by atoms with Crippen LogP contribution in [0.1, 0.15) is 22.3 Å². The molecule has 0 fully saturated rings. The van der Waals surface area contributed by atoms with Crippen LogP contribution in [-0.4, -0.2) is 27.7 Å². The molecule has 144 valence electrons. The molecular weight excluding hydrogens is 368 g/mol. The van der Waals surface area contributed by atoms with E-state index in [0.717, 1.165) is 11.1 Å². The highest BCUT2D eigenvalue weighted by atomic mass is 32.2. The van der Waals surface area contributed by atoms with Crippen molar-refractivity contribution >= 4 is 15.9 Å². The third kappa shape index (κ3) is 4.40. The van der Waals surface area contributed by atoms with E-state index in [-0.39, 0.29) is 24.8 Å². The molecule has 1 amide bonds. The maximum absolute atomic E-state index is 12.6. The molecule has 1 aliphatic heterocycles. The van der Waals surface area contributed by atoms with Gasteiger partial charge in [-0.2, -0.15) is 0 Å². The van der Waals surface area contributed by atoms with Crippen LogP contribution >= 0.6 is 0 Å². The predicted molar refractivity (Wildman–Crippen MR) is 100 cm³/mol. The highest BCUT2D eigenvalue weighted by Gasteiger charge is 2.20. The van der Waals surface area contributed by atoms with Crippen LogP contribution in [0.2, 0.25) is 0 Å². The zero-order chi connectivity index (χ0) is 19.6. The summed E-state index contributed by atoms with van der Waals surface area (Å²) in [5.41, 5.74) is 3.13. The van der Waals surface area contributed by atoms with Crippen LogP contribution in [0.4, 0.5) is 0 Å². The lowest BCUT2D eigenvalue weighted by molar-refractivity contribution is -0.120. The van der Waals surface area contributed by atoms with E-state index in [9.17, 15) is 13.2 Å². The summed E-state index contributed by atoms with van der Waals surface area (Å²) < 4.78 is 38.0. The maximum atomic E-state index is 12.6. The molecule has 0 atom stereocenters. The smallest absolute Gasteiger partial charge is 0.241 e. The van der Waals surface area contributed by atoms with Gasteiger partial charge in [-0.1, -0.05) is 23.8 Å². The van der Waals surface area contributed by atoms with Crippen molar-refractivity contribution in [1.29, 1.82) is 0 Å². The summed E-state index contributed by atoms with van der Waals surface area (Å²) in [6, 6.07) is 8.99. The first-order valence-corrected chi connectivity index (χ1v) is 9.97. The summed E-state index contributed by atoms with van der Waals surface area (Å²) >= 11 is 0. The number of amides is 1. The number of hydrogen-bond acceptors (Lipinski definition) is 5. The number of ether oxygens (including phenoxy) is 2. The maximum Gasteiger partial charge on any atom is 0.241 e. The van der Waals surface area contributed by atoms with Crippen LogP contribution in [0.3, 0.4) is 0 Å². The molecule has 0 unspecified atom stereocenters. The zero-order valence-corrected chi connectivity index (χ0v) is 16.3. The van der Waals surface area contributed by atoms with Crippen LogP contribution in [0.5, 0.6) is 11.5 Å². The average molecular weight is 390 g/mol. The van der Waals surface area contributed by atoms with Crippen LogP contribution < -0.4 is 19.5 Å². The predicted octanol–water partition coefficient (Wildman–Crippen LogP) is 1.94. The number of benzene rings is 2. The highest BCUT2D eigenvalue weighted by Crippen LogP contribution is 2.32. The molecule has 1 aliphatic rings. The minimum absolute atomic E-state index is 0.185. The quantitative estimate of drug-likeness (QED) is 0.786. The molecule has 1 heterocycles. The van der Waals surface area contributed by atoms with Gasteiger partial charge >= 0.3 is 0 Å². The molecule has 0 radical (unpaired) electrons. The topological polar surface area (TPSA) is 93.7 Å². The first-order chi connectivity index (χ1) is 12.8. The fourth-order valence-electron chi connectivity index (χ4n) is 3.14. The molecule has 8 heteroatoms. The van der Waals surface area contributed by atoms with E-state index >= 15 is 0 Å². The van der Waals surface area contributed by atoms with Gasteiger partial charge in [0.2, 0.25) is 22.7 Å². The Hall–Kier alpha value is -2.58.